The average Bonchev–Trinajstić information content (AvgIpc) is 3.24. The summed E-state index contributed by atoms with van der Waals surface area (Å²) >= 11 is 0. The summed E-state index contributed by atoms with van der Waals surface area (Å²) in [5.74, 6) is 0.871. The molecule has 0 radical (unpaired) electrons. The molecule has 2 aromatic rings. The molecule has 1 aromatic heterocycles. The summed E-state index contributed by atoms with van der Waals surface area (Å²) in [6.07, 6.45) is 5.82. The van der Waals surface area contributed by atoms with Crippen molar-refractivity contribution in [3.05, 3.63) is 48.3 Å². The van der Waals surface area contributed by atoms with E-state index in [0.717, 1.165) is 44.0 Å². The van der Waals surface area contributed by atoms with E-state index in [-0.39, 0.29) is 17.5 Å². The Bertz CT molecular complexity index is 719. The summed E-state index contributed by atoms with van der Waals surface area (Å²) in [4.78, 5) is 6.82. The highest BCUT2D eigenvalue weighted by Gasteiger charge is 2.45. The zero-order valence-corrected chi connectivity index (χ0v) is 13.9. The lowest BCUT2D eigenvalue weighted by atomic mass is 9.97. The van der Waals surface area contributed by atoms with Gasteiger partial charge in [0.1, 0.15) is 11.6 Å². The summed E-state index contributed by atoms with van der Waals surface area (Å²) in [6.45, 7) is 3.49. The lowest BCUT2D eigenvalue weighted by molar-refractivity contribution is 0.0117. The highest BCUT2D eigenvalue weighted by molar-refractivity contribution is 5.44. The number of ether oxygens (including phenoxy) is 1. The Morgan fingerprint density at radius 3 is 3.17 bits per heavy atom. The molecule has 2 atom stereocenters. The predicted molar refractivity (Wildman–Crippen MR) is 90.2 cm³/mol. The zero-order chi connectivity index (χ0) is 16.6. The van der Waals surface area contributed by atoms with Gasteiger partial charge in [0.2, 0.25) is 0 Å². The molecule has 0 aliphatic carbocycles. The smallest absolute Gasteiger partial charge is 0.125 e. The zero-order valence-electron chi connectivity index (χ0n) is 13.9. The molecule has 0 saturated carbocycles. The third-order valence-corrected chi connectivity index (χ3v) is 5.09. The van der Waals surface area contributed by atoms with Crippen molar-refractivity contribution >= 4 is 5.69 Å². The molecule has 2 fully saturated rings. The lowest BCUT2D eigenvalue weighted by Crippen LogP contribution is -2.33. The van der Waals surface area contributed by atoms with Gasteiger partial charge in [-0.05, 0) is 24.6 Å². The van der Waals surface area contributed by atoms with Gasteiger partial charge >= 0.3 is 0 Å². The molecule has 6 heteroatoms. The molecule has 1 N–H and O–H groups in total. The van der Waals surface area contributed by atoms with Crippen LogP contribution in [0.2, 0.25) is 0 Å². The van der Waals surface area contributed by atoms with Crippen molar-refractivity contribution in [1.82, 2.24) is 14.5 Å². The molecule has 0 bridgehead atoms. The number of halogens is 1. The van der Waals surface area contributed by atoms with Crippen LogP contribution in [0, 0.1) is 5.82 Å². The van der Waals surface area contributed by atoms with Crippen LogP contribution in [0.5, 0.6) is 0 Å². The Morgan fingerprint density at radius 2 is 2.38 bits per heavy atom. The molecular weight excluding hydrogens is 307 g/mol. The van der Waals surface area contributed by atoms with Crippen LogP contribution in [0.25, 0.3) is 0 Å². The number of rotatable bonds is 4. The van der Waals surface area contributed by atoms with Gasteiger partial charge in [-0.1, -0.05) is 6.07 Å². The van der Waals surface area contributed by atoms with Crippen LogP contribution < -0.4 is 5.32 Å². The summed E-state index contributed by atoms with van der Waals surface area (Å²) < 4.78 is 21.5. The van der Waals surface area contributed by atoms with E-state index in [1.54, 1.807) is 6.07 Å². The maximum Gasteiger partial charge on any atom is 0.125 e. The number of imidazole rings is 1. The van der Waals surface area contributed by atoms with E-state index in [2.05, 4.69) is 19.8 Å². The van der Waals surface area contributed by atoms with Gasteiger partial charge in [-0.15, -0.1) is 0 Å². The van der Waals surface area contributed by atoms with Crippen LogP contribution in [-0.2, 0) is 18.3 Å². The summed E-state index contributed by atoms with van der Waals surface area (Å²) in [6, 6.07) is 6.86. The molecule has 2 aliphatic heterocycles. The number of nitrogens with zero attached hydrogens (tertiary/aromatic N) is 3. The van der Waals surface area contributed by atoms with Crippen molar-refractivity contribution < 1.29 is 9.13 Å². The number of anilines is 1. The van der Waals surface area contributed by atoms with Gasteiger partial charge in [0.05, 0.1) is 24.8 Å². The largest absolute Gasteiger partial charge is 0.380 e. The van der Waals surface area contributed by atoms with E-state index in [4.69, 9.17) is 4.74 Å². The second-order valence-corrected chi connectivity index (χ2v) is 6.96. The normalized spacial score (nSPS) is 27.2. The van der Waals surface area contributed by atoms with Crippen LogP contribution in [-0.4, -0.2) is 45.8 Å². The van der Waals surface area contributed by atoms with Crippen molar-refractivity contribution in [2.75, 3.05) is 25.0 Å². The van der Waals surface area contributed by atoms with Crippen molar-refractivity contribution in [3.63, 3.8) is 0 Å². The highest BCUT2D eigenvalue weighted by atomic mass is 19.1. The first-order valence-corrected chi connectivity index (χ1v) is 8.47. The van der Waals surface area contributed by atoms with Crippen molar-refractivity contribution in [2.45, 2.75) is 31.0 Å². The fraction of sp³-hybridized carbons (Fsp3) is 0.500. The van der Waals surface area contributed by atoms with Crippen LogP contribution in [0.1, 0.15) is 18.7 Å². The van der Waals surface area contributed by atoms with Crippen LogP contribution in [0.15, 0.2) is 36.7 Å². The molecule has 0 amide bonds. The fourth-order valence-electron chi connectivity index (χ4n) is 3.85. The molecule has 2 saturated heterocycles. The van der Waals surface area contributed by atoms with E-state index in [1.165, 1.54) is 12.1 Å². The first-order chi connectivity index (χ1) is 11.6. The molecule has 24 heavy (non-hydrogen) atoms. The van der Waals surface area contributed by atoms with Crippen LogP contribution in [0.3, 0.4) is 0 Å². The Balaban J connectivity index is 1.35. The number of benzene rings is 1. The van der Waals surface area contributed by atoms with E-state index in [9.17, 15) is 4.39 Å². The molecule has 3 heterocycles. The molecular formula is C18H23FN4O. The number of aryl methyl sites for hydroxylation is 1. The highest BCUT2D eigenvalue weighted by Crippen LogP contribution is 2.36. The fourth-order valence-corrected chi connectivity index (χ4v) is 3.85. The van der Waals surface area contributed by atoms with E-state index < -0.39 is 0 Å². The minimum absolute atomic E-state index is 0.0733. The molecule has 1 spiro atoms. The number of hydrogen-bond donors (Lipinski definition) is 1. The number of nitrogens with one attached hydrogen (secondary N) is 1. The Labute approximate surface area is 141 Å². The summed E-state index contributed by atoms with van der Waals surface area (Å²) in [7, 11) is 2.03. The van der Waals surface area contributed by atoms with Gasteiger partial charge in [0.25, 0.3) is 0 Å². The quantitative estimate of drug-likeness (QED) is 0.935. The van der Waals surface area contributed by atoms with Gasteiger partial charge in [-0.3, -0.25) is 4.90 Å². The maximum atomic E-state index is 13.3. The Morgan fingerprint density at radius 1 is 1.46 bits per heavy atom. The third kappa shape index (κ3) is 3.16. The van der Waals surface area contributed by atoms with Gasteiger partial charge in [-0.25, -0.2) is 9.37 Å². The second-order valence-electron chi connectivity index (χ2n) is 6.96. The summed E-state index contributed by atoms with van der Waals surface area (Å²) in [5.41, 5.74) is 0.749. The maximum absolute atomic E-state index is 13.3. The Kier molecular flexibility index (Phi) is 4.02. The predicted octanol–water partition coefficient (Wildman–Crippen LogP) is 2.40. The van der Waals surface area contributed by atoms with Gasteiger partial charge in [0.15, 0.2) is 0 Å². The second kappa shape index (κ2) is 6.18. The van der Waals surface area contributed by atoms with E-state index >= 15 is 0 Å². The monoisotopic (exact) mass is 330 g/mol. The van der Waals surface area contributed by atoms with Crippen molar-refractivity contribution in [2.24, 2.45) is 7.05 Å². The first kappa shape index (κ1) is 15.6. The van der Waals surface area contributed by atoms with Gasteiger partial charge < -0.3 is 14.6 Å². The minimum atomic E-state index is -0.212. The molecule has 0 unspecified atom stereocenters. The standard InChI is InChI=1S/C18H23FN4O/c1-22-8-6-20-17(22)11-23-7-5-18(13-23)10-16(12-24-18)21-15-4-2-3-14(19)9-15/h2-4,6,8-9,16,21H,5,7,10-13H2,1H3/t16-,18+/m0/s1. The molecule has 128 valence electrons. The SMILES string of the molecule is Cn1ccnc1CN1CC[C@@]2(C[C@H](Nc3cccc(F)c3)CO2)C1. The summed E-state index contributed by atoms with van der Waals surface area (Å²) in [5, 5.41) is 3.40. The number of aromatic nitrogens is 2. The van der Waals surface area contributed by atoms with E-state index in [1.807, 2.05) is 25.5 Å². The number of hydrogen-bond acceptors (Lipinski definition) is 4. The van der Waals surface area contributed by atoms with Crippen molar-refractivity contribution in [3.8, 4) is 0 Å². The average molecular weight is 330 g/mol. The van der Waals surface area contributed by atoms with Crippen LogP contribution in [0.4, 0.5) is 10.1 Å². The first-order valence-electron chi connectivity index (χ1n) is 8.47. The van der Waals surface area contributed by atoms with Gasteiger partial charge in [0, 0.05) is 44.6 Å². The molecule has 4 rings (SSSR count). The van der Waals surface area contributed by atoms with E-state index in [0.29, 0.717) is 6.61 Å². The third-order valence-electron chi connectivity index (χ3n) is 5.09. The topological polar surface area (TPSA) is 42.3 Å². The lowest BCUT2D eigenvalue weighted by Gasteiger charge is -2.23. The van der Waals surface area contributed by atoms with Gasteiger partial charge in [-0.2, -0.15) is 0 Å². The number of likely N-dealkylation sites (tertiary alicyclic amines) is 1. The van der Waals surface area contributed by atoms with Crippen molar-refractivity contribution in [1.29, 1.82) is 0 Å². The molecule has 5 nitrogen and oxygen atoms in total. The molecule has 1 aromatic carbocycles. The van der Waals surface area contributed by atoms with Crippen LogP contribution >= 0.6 is 0 Å². The minimum Gasteiger partial charge on any atom is -0.380 e. The Hall–Kier alpha value is -1.92. The molecule has 2 aliphatic rings.